The van der Waals surface area contributed by atoms with Crippen LogP contribution in [0.15, 0.2) is 47.0 Å². The highest BCUT2D eigenvalue weighted by Gasteiger charge is 2.24. The summed E-state index contributed by atoms with van der Waals surface area (Å²) in [6.07, 6.45) is 1.54. The first-order valence-corrected chi connectivity index (χ1v) is 10.1. The quantitative estimate of drug-likeness (QED) is 0.511. The number of benzene rings is 1. The normalized spacial score (nSPS) is 17.2. The molecule has 1 aliphatic rings. The number of fused-ring (bicyclic) bond motifs is 2. The van der Waals surface area contributed by atoms with E-state index in [2.05, 4.69) is 20.2 Å². The summed E-state index contributed by atoms with van der Waals surface area (Å²) >= 11 is 1.45. The number of furan rings is 1. The van der Waals surface area contributed by atoms with Gasteiger partial charge in [-0.05, 0) is 36.8 Å². The number of nitrogens with one attached hydrogen (secondary N) is 1. The van der Waals surface area contributed by atoms with Crippen LogP contribution in [0.25, 0.3) is 21.3 Å². The fourth-order valence-electron chi connectivity index (χ4n) is 3.59. The van der Waals surface area contributed by atoms with Crippen LogP contribution in [0.1, 0.15) is 12.2 Å². The number of likely N-dealkylation sites (tertiary alicyclic amines) is 1. The van der Waals surface area contributed by atoms with Crippen molar-refractivity contribution in [1.82, 2.24) is 20.2 Å². The van der Waals surface area contributed by atoms with E-state index < -0.39 is 6.09 Å². The number of amides is 1. The van der Waals surface area contributed by atoms with E-state index in [9.17, 15) is 4.79 Å². The van der Waals surface area contributed by atoms with Crippen molar-refractivity contribution in [2.75, 3.05) is 13.1 Å². The molecule has 1 amide bonds. The predicted molar refractivity (Wildman–Crippen MR) is 109 cm³/mol. The molecule has 4 aromatic rings. The Morgan fingerprint density at radius 2 is 2.31 bits per heavy atom. The van der Waals surface area contributed by atoms with E-state index in [1.807, 2.05) is 36.4 Å². The maximum atomic E-state index is 10.8. The van der Waals surface area contributed by atoms with E-state index in [1.54, 1.807) is 6.20 Å². The Labute approximate surface area is 169 Å². The van der Waals surface area contributed by atoms with Crippen LogP contribution in [-0.2, 0) is 6.54 Å². The highest BCUT2D eigenvalue weighted by Crippen LogP contribution is 2.32. The Bertz CT molecular complexity index is 1150. The monoisotopic (exact) mass is 410 g/mol. The predicted octanol–water partition coefficient (Wildman–Crippen LogP) is 4.07. The number of pyridine rings is 1. The van der Waals surface area contributed by atoms with Gasteiger partial charge in [-0.3, -0.25) is 4.90 Å². The van der Waals surface area contributed by atoms with Gasteiger partial charge in [-0.1, -0.05) is 11.3 Å². The summed E-state index contributed by atoms with van der Waals surface area (Å²) < 4.78 is 12.9. The zero-order chi connectivity index (χ0) is 19.8. The number of carbonyl (C=O) groups is 1. The van der Waals surface area contributed by atoms with Gasteiger partial charge in [0.05, 0.1) is 11.2 Å². The molecule has 1 aromatic carbocycles. The largest absolute Gasteiger partial charge is 0.465 e. The van der Waals surface area contributed by atoms with Crippen molar-refractivity contribution in [1.29, 1.82) is 0 Å². The van der Waals surface area contributed by atoms with E-state index in [1.165, 1.54) is 11.3 Å². The maximum absolute atomic E-state index is 10.8. The summed E-state index contributed by atoms with van der Waals surface area (Å²) in [5.41, 5.74) is 1.42. The smallest absolute Gasteiger partial charge is 0.404 e. The summed E-state index contributed by atoms with van der Waals surface area (Å²) in [6.45, 7) is 2.16. The molecule has 29 heavy (non-hydrogen) atoms. The summed E-state index contributed by atoms with van der Waals surface area (Å²) in [5.74, 6) is 1.50. The number of nitrogens with zero attached hydrogens (tertiary/aromatic N) is 3. The molecule has 4 heterocycles. The summed E-state index contributed by atoms with van der Waals surface area (Å²) in [6, 6.07) is 11.5. The highest BCUT2D eigenvalue weighted by atomic mass is 32.1. The molecule has 0 saturated carbocycles. The zero-order valence-electron chi connectivity index (χ0n) is 15.4. The van der Waals surface area contributed by atoms with Crippen LogP contribution in [0.4, 0.5) is 4.79 Å². The van der Waals surface area contributed by atoms with Gasteiger partial charge in [0.25, 0.3) is 5.19 Å². The third-order valence-electron chi connectivity index (χ3n) is 4.87. The maximum Gasteiger partial charge on any atom is 0.404 e. The second kappa shape index (κ2) is 7.34. The first kappa shape index (κ1) is 17.9. The number of hydrogen-bond acceptors (Lipinski definition) is 7. The third-order valence-corrected chi connectivity index (χ3v) is 5.76. The van der Waals surface area contributed by atoms with Gasteiger partial charge in [-0.15, -0.1) is 0 Å². The van der Waals surface area contributed by atoms with Crippen LogP contribution in [-0.4, -0.2) is 45.2 Å². The number of carboxylic acid groups (broad SMARTS) is 1. The number of ether oxygens (including phenoxy) is 1. The molecule has 8 nitrogen and oxygen atoms in total. The van der Waals surface area contributed by atoms with Crippen molar-refractivity contribution in [2.45, 2.75) is 19.0 Å². The first-order valence-electron chi connectivity index (χ1n) is 9.26. The number of aromatic nitrogens is 2. The average molecular weight is 410 g/mol. The number of thiazole rings is 1. The van der Waals surface area contributed by atoms with Crippen molar-refractivity contribution >= 4 is 38.7 Å². The van der Waals surface area contributed by atoms with Crippen molar-refractivity contribution in [3.05, 3.63) is 48.4 Å². The second-order valence-corrected chi connectivity index (χ2v) is 7.98. The molecule has 148 valence electrons. The minimum absolute atomic E-state index is 0.0276. The molecular weight excluding hydrogens is 392 g/mol. The summed E-state index contributed by atoms with van der Waals surface area (Å²) in [7, 11) is 0. The Morgan fingerprint density at radius 1 is 1.38 bits per heavy atom. The molecular formula is C20H18N4O4S. The van der Waals surface area contributed by atoms with E-state index in [-0.39, 0.29) is 6.04 Å². The van der Waals surface area contributed by atoms with Gasteiger partial charge < -0.3 is 19.6 Å². The lowest BCUT2D eigenvalue weighted by molar-refractivity contribution is 0.189. The van der Waals surface area contributed by atoms with Crippen molar-refractivity contribution < 1.29 is 19.1 Å². The van der Waals surface area contributed by atoms with E-state index in [0.717, 1.165) is 34.4 Å². The Balaban J connectivity index is 1.29. The minimum Gasteiger partial charge on any atom is -0.465 e. The number of hydrogen-bond donors (Lipinski definition) is 2. The topological polar surface area (TPSA) is 101 Å². The second-order valence-electron chi connectivity index (χ2n) is 6.99. The van der Waals surface area contributed by atoms with Gasteiger partial charge in [-0.2, -0.15) is 4.98 Å². The van der Waals surface area contributed by atoms with Gasteiger partial charge in [-0.25, -0.2) is 9.78 Å². The first-order chi connectivity index (χ1) is 14.1. The summed E-state index contributed by atoms with van der Waals surface area (Å²) in [5, 5.41) is 12.9. The SMILES string of the molecule is O=C(O)NC1CCN(Cc2cc3ccc(Oc4nc5ncccc5s4)cc3o2)C1. The lowest BCUT2D eigenvalue weighted by Gasteiger charge is -2.14. The molecule has 0 aliphatic carbocycles. The third kappa shape index (κ3) is 3.87. The van der Waals surface area contributed by atoms with E-state index in [0.29, 0.717) is 29.7 Å². The van der Waals surface area contributed by atoms with Crippen LogP contribution in [0.2, 0.25) is 0 Å². The molecule has 9 heteroatoms. The minimum atomic E-state index is -0.975. The average Bonchev–Trinajstić information content (AvgIpc) is 3.38. The van der Waals surface area contributed by atoms with E-state index >= 15 is 0 Å². The van der Waals surface area contributed by atoms with Crippen molar-refractivity contribution in [2.24, 2.45) is 0 Å². The van der Waals surface area contributed by atoms with E-state index in [4.69, 9.17) is 14.3 Å². The van der Waals surface area contributed by atoms with Crippen LogP contribution >= 0.6 is 11.3 Å². The molecule has 1 atom stereocenters. The van der Waals surface area contributed by atoms with Crippen LogP contribution < -0.4 is 10.1 Å². The summed E-state index contributed by atoms with van der Waals surface area (Å²) in [4.78, 5) is 21.6. The molecule has 3 aromatic heterocycles. The fraction of sp³-hybridized carbons (Fsp3) is 0.250. The van der Waals surface area contributed by atoms with Crippen molar-refractivity contribution in [3.63, 3.8) is 0 Å². The lowest BCUT2D eigenvalue weighted by atomic mass is 10.2. The number of rotatable bonds is 5. The Kier molecular flexibility index (Phi) is 4.53. The molecule has 1 unspecified atom stereocenters. The molecule has 1 fully saturated rings. The van der Waals surface area contributed by atoms with Gasteiger partial charge in [0, 0.05) is 36.8 Å². The molecule has 0 radical (unpaired) electrons. The van der Waals surface area contributed by atoms with Gasteiger partial charge in [0.1, 0.15) is 17.1 Å². The Hall–Kier alpha value is -3.17. The standard InChI is InChI=1S/C20H18N4O4S/c25-19(26)22-13-5-7-24(10-13)11-15-8-12-3-4-14(9-16(12)27-15)28-20-23-18-17(29-20)2-1-6-21-18/h1-4,6,8-9,13,22H,5,7,10-11H2,(H,25,26). The molecule has 2 N–H and O–H groups in total. The van der Waals surface area contributed by atoms with Crippen LogP contribution in [0, 0.1) is 0 Å². The molecule has 5 rings (SSSR count). The van der Waals surface area contributed by atoms with Gasteiger partial charge in [0.2, 0.25) is 0 Å². The fourth-order valence-corrected chi connectivity index (χ4v) is 4.39. The molecule has 0 bridgehead atoms. The molecule has 0 spiro atoms. The van der Waals surface area contributed by atoms with Crippen molar-refractivity contribution in [3.8, 4) is 10.9 Å². The molecule has 1 aliphatic heterocycles. The van der Waals surface area contributed by atoms with Gasteiger partial charge in [0.15, 0.2) is 5.65 Å². The highest BCUT2D eigenvalue weighted by molar-refractivity contribution is 7.20. The van der Waals surface area contributed by atoms with Crippen LogP contribution in [0.5, 0.6) is 10.9 Å². The molecule has 1 saturated heterocycles. The lowest BCUT2D eigenvalue weighted by Crippen LogP contribution is -2.35. The van der Waals surface area contributed by atoms with Gasteiger partial charge >= 0.3 is 6.09 Å². The van der Waals surface area contributed by atoms with Crippen LogP contribution in [0.3, 0.4) is 0 Å². The Morgan fingerprint density at radius 3 is 3.17 bits per heavy atom. The zero-order valence-corrected chi connectivity index (χ0v) is 16.2.